The highest BCUT2D eigenvalue weighted by Crippen LogP contribution is 2.39. The normalized spacial score (nSPS) is 28.8. The predicted molar refractivity (Wildman–Crippen MR) is 71.4 cm³/mol. The minimum Gasteiger partial charge on any atom is -0.388 e. The predicted octanol–water partition coefficient (Wildman–Crippen LogP) is 0.712. The molecule has 2 rings (SSSR count). The topological polar surface area (TPSA) is 78.4 Å². The molecule has 1 aliphatic heterocycles. The first kappa shape index (κ1) is 14.3. The van der Waals surface area contributed by atoms with E-state index in [9.17, 15) is 14.7 Å². The molecular weight excluding hydrogens is 244 g/mol. The van der Waals surface area contributed by atoms with Crippen molar-refractivity contribution in [2.75, 3.05) is 6.54 Å². The average Bonchev–Trinajstić information content (AvgIpc) is 2.78. The lowest BCUT2D eigenvalue weighted by Crippen LogP contribution is -2.50. The van der Waals surface area contributed by atoms with Gasteiger partial charge in [-0.05, 0) is 37.5 Å². The van der Waals surface area contributed by atoms with Crippen molar-refractivity contribution in [2.24, 2.45) is 5.41 Å². The molecule has 108 valence electrons. The largest absolute Gasteiger partial charge is 0.388 e. The summed E-state index contributed by atoms with van der Waals surface area (Å²) in [6, 6.07) is -0.420. The Morgan fingerprint density at radius 3 is 2.53 bits per heavy atom. The molecule has 0 spiro atoms. The molecule has 5 heteroatoms. The Labute approximate surface area is 114 Å². The second kappa shape index (κ2) is 5.12. The highest BCUT2D eigenvalue weighted by molar-refractivity contribution is 5.90. The van der Waals surface area contributed by atoms with Crippen LogP contribution in [0.4, 0.5) is 0 Å². The highest BCUT2D eigenvalue weighted by atomic mass is 16.3. The maximum absolute atomic E-state index is 11.9. The van der Waals surface area contributed by atoms with Crippen LogP contribution in [-0.4, -0.2) is 35.1 Å². The van der Waals surface area contributed by atoms with Crippen LogP contribution in [0.2, 0.25) is 0 Å². The molecule has 2 aliphatic rings. The van der Waals surface area contributed by atoms with Crippen LogP contribution in [0, 0.1) is 5.41 Å². The quantitative estimate of drug-likeness (QED) is 0.705. The molecule has 0 radical (unpaired) electrons. The van der Waals surface area contributed by atoms with E-state index < -0.39 is 11.6 Å². The number of carbonyl (C=O) groups is 2. The number of nitrogens with one attached hydrogen (secondary N) is 2. The van der Waals surface area contributed by atoms with Gasteiger partial charge in [-0.3, -0.25) is 9.59 Å². The van der Waals surface area contributed by atoms with Gasteiger partial charge in [-0.25, -0.2) is 0 Å². The molecular formula is C14H24N2O3. The number of hydrogen-bond acceptors (Lipinski definition) is 3. The molecule has 19 heavy (non-hydrogen) atoms. The van der Waals surface area contributed by atoms with Gasteiger partial charge >= 0.3 is 0 Å². The van der Waals surface area contributed by atoms with Crippen molar-refractivity contribution in [3.63, 3.8) is 0 Å². The maximum Gasteiger partial charge on any atom is 0.242 e. The van der Waals surface area contributed by atoms with Crippen molar-refractivity contribution < 1.29 is 14.7 Å². The number of aliphatic hydroxyl groups is 1. The molecule has 3 N–H and O–H groups in total. The summed E-state index contributed by atoms with van der Waals surface area (Å²) in [5, 5.41) is 15.9. The third-order valence-corrected chi connectivity index (χ3v) is 4.44. The van der Waals surface area contributed by atoms with Crippen molar-refractivity contribution in [2.45, 2.75) is 64.0 Å². The summed E-state index contributed by atoms with van der Waals surface area (Å²) in [5.41, 5.74) is -0.497. The van der Waals surface area contributed by atoms with E-state index in [0.29, 0.717) is 12.8 Å². The van der Waals surface area contributed by atoms with E-state index in [0.717, 1.165) is 25.7 Å². The number of amides is 2. The van der Waals surface area contributed by atoms with E-state index in [1.165, 1.54) is 0 Å². The Morgan fingerprint density at radius 2 is 2.00 bits per heavy atom. The molecule has 5 nitrogen and oxygen atoms in total. The fourth-order valence-corrected chi connectivity index (χ4v) is 2.75. The zero-order valence-corrected chi connectivity index (χ0v) is 11.8. The van der Waals surface area contributed by atoms with Gasteiger partial charge in [-0.2, -0.15) is 0 Å². The van der Waals surface area contributed by atoms with Crippen LogP contribution in [0.5, 0.6) is 0 Å². The summed E-state index contributed by atoms with van der Waals surface area (Å²) >= 11 is 0. The highest BCUT2D eigenvalue weighted by Gasteiger charge is 2.37. The average molecular weight is 268 g/mol. The Kier molecular flexibility index (Phi) is 3.85. The summed E-state index contributed by atoms with van der Waals surface area (Å²) in [6.45, 7) is 4.70. The van der Waals surface area contributed by atoms with Crippen molar-refractivity contribution in [3.05, 3.63) is 0 Å². The minimum absolute atomic E-state index is 0.0710. The third kappa shape index (κ3) is 3.69. The maximum atomic E-state index is 11.9. The van der Waals surface area contributed by atoms with Crippen molar-refractivity contribution >= 4 is 11.8 Å². The van der Waals surface area contributed by atoms with E-state index in [2.05, 4.69) is 24.5 Å². The second-order valence-corrected chi connectivity index (χ2v) is 6.77. The van der Waals surface area contributed by atoms with Gasteiger partial charge in [-0.1, -0.05) is 13.8 Å². The SMILES string of the molecule is CC1(C)CCC(O)(CNC(=O)C2CCC(=O)N2)CC1. The molecule has 1 heterocycles. The fourth-order valence-electron chi connectivity index (χ4n) is 2.75. The van der Waals surface area contributed by atoms with Gasteiger partial charge in [0.25, 0.3) is 0 Å². The van der Waals surface area contributed by atoms with Gasteiger partial charge in [0.1, 0.15) is 6.04 Å². The molecule has 0 bridgehead atoms. The lowest BCUT2D eigenvalue weighted by Gasteiger charge is -2.40. The monoisotopic (exact) mass is 268 g/mol. The van der Waals surface area contributed by atoms with Crippen LogP contribution in [0.15, 0.2) is 0 Å². The summed E-state index contributed by atoms with van der Waals surface area (Å²) in [6.07, 6.45) is 4.35. The summed E-state index contributed by atoms with van der Waals surface area (Å²) in [4.78, 5) is 22.9. The van der Waals surface area contributed by atoms with Gasteiger partial charge in [0.15, 0.2) is 0 Å². The molecule has 0 aromatic heterocycles. The third-order valence-electron chi connectivity index (χ3n) is 4.44. The summed E-state index contributed by atoms with van der Waals surface area (Å²) in [7, 11) is 0. The first-order chi connectivity index (χ1) is 8.80. The number of carbonyl (C=O) groups excluding carboxylic acids is 2. The molecule has 2 fully saturated rings. The van der Waals surface area contributed by atoms with Gasteiger partial charge in [0.2, 0.25) is 11.8 Å². The summed E-state index contributed by atoms with van der Waals surface area (Å²) < 4.78 is 0. The fraction of sp³-hybridized carbons (Fsp3) is 0.857. The molecule has 1 aliphatic carbocycles. The van der Waals surface area contributed by atoms with Crippen molar-refractivity contribution in [1.82, 2.24) is 10.6 Å². The van der Waals surface area contributed by atoms with Crippen LogP contribution >= 0.6 is 0 Å². The van der Waals surface area contributed by atoms with E-state index in [-0.39, 0.29) is 23.8 Å². The molecule has 1 saturated carbocycles. The second-order valence-electron chi connectivity index (χ2n) is 6.77. The Morgan fingerprint density at radius 1 is 1.37 bits per heavy atom. The zero-order valence-electron chi connectivity index (χ0n) is 11.8. The van der Waals surface area contributed by atoms with Crippen LogP contribution in [0.25, 0.3) is 0 Å². The van der Waals surface area contributed by atoms with E-state index in [1.54, 1.807) is 0 Å². The summed E-state index contributed by atoms with van der Waals surface area (Å²) in [5.74, 6) is -0.248. The van der Waals surface area contributed by atoms with Crippen molar-refractivity contribution in [1.29, 1.82) is 0 Å². The standard InChI is InChI=1S/C14H24N2O3/c1-13(2)5-7-14(19,8-6-13)9-15-12(18)10-3-4-11(17)16-10/h10,19H,3-9H2,1-2H3,(H,15,18)(H,16,17). The minimum atomic E-state index is -0.784. The molecule has 0 aromatic rings. The molecule has 1 unspecified atom stereocenters. The van der Waals surface area contributed by atoms with E-state index in [4.69, 9.17) is 0 Å². The van der Waals surface area contributed by atoms with Crippen LogP contribution in [-0.2, 0) is 9.59 Å². The van der Waals surface area contributed by atoms with Crippen LogP contribution in [0.3, 0.4) is 0 Å². The Balaban J connectivity index is 1.79. The Bertz CT molecular complexity index is 369. The lowest BCUT2D eigenvalue weighted by molar-refractivity contribution is -0.127. The van der Waals surface area contributed by atoms with Crippen molar-refractivity contribution in [3.8, 4) is 0 Å². The molecule has 2 amide bonds. The first-order valence-corrected chi connectivity index (χ1v) is 7.09. The number of hydrogen-bond donors (Lipinski definition) is 3. The zero-order chi connectivity index (χ0) is 14.1. The van der Waals surface area contributed by atoms with Crippen LogP contribution < -0.4 is 10.6 Å². The smallest absolute Gasteiger partial charge is 0.242 e. The van der Waals surface area contributed by atoms with Gasteiger partial charge in [0, 0.05) is 13.0 Å². The molecule has 1 atom stereocenters. The Hall–Kier alpha value is -1.10. The number of rotatable bonds is 3. The van der Waals surface area contributed by atoms with Gasteiger partial charge < -0.3 is 15.7 Å². The lowest BCUT2D eigenvalue weighted by atomic mass is 9.71. The van der Waals surface area contributed by atoms with Gasteiger partial charge in [-0.15, -0.1) is 0 Å². The first-order valence-electron chi connectivity index (χ1n) is 7.09. The van der Waals surface area contributed by atoms with E-state index in [1.807, 2.05) is 0 Å². The van der Waals surface area contributed by atoms with Crippen LogP contribution in [0.1, 0.15) is 52.4 Å². The molecule has 1 saturated heterocycles. The van der Waals surface area contributed by atoms with E-state index >= 15 is 0 Å². The molecule has 0 aromatic carbocycles. The van der Waals surface area contributed by atoms with Gasteiger partial charge in [0.05, 0.1) is 5.60 Å².